The molecule has 0 bridgehead atoms. The van der Waals surface area contributed by atoms with Gasteiger partial charge in [0.2, 0.25) is 5.78 Å². The van der Waals surface area contributed by atoms with Crippen LogP contribution in [0.15, 0.2) is 30.3 Å². The molecule has 2 N–H and O–H groups in total. The van der Waals surface area contributed by atoms with Gasteiger partial charge in [0.05, 0.1) is 0 Å². The highest BCUT2D eigenvalue weighted by Gasteiger charge is 2.22. The quantitative estimate of drug-likeness (QED) is 0.552. The molecule has 0 saturated carbocycles. The van der Waals surface area contributed by atoms with E-state index in [4.69, 9.17) is 12.2 Å². The molecule has 0 radical (unpaired) electrons. The molecule has 1 unspecified atom stereocenters. The Kier molecular flexibility index (Phi) is 3.03. The summed E-state index contributed by atoms with van der Waals surface area (Å²) in [5.74, 6) is -0.372. The van der Waals surface area contributed by atoms with E-state index < -0.39 is 17.6 Å². The van der Waals surface area contributed by atoms with Crippen LogP contribution in [0.2, 0.25) is 0 Å². The van der Waals surface area contributed by atoms with E-state index in [-0.39, 0.29) is 0 Å². The molecule has 1 atom stereocenters. The number of rotatable bonds is 3. The summed E-state index contributed by atoms with van der Waals surface area (Å²) in [4.78, 5) is 21.9. The predicted molar refractivity (Wildman–Crippen MR) is 52.2 cm³/mol. The van der Waals surface area contributed by atoms with Crippen LogP contribution in [0.25, 0.3) is 0 Å². The zero-order chi connectivity index (χ0) is 10.6. The van der Waals surface area contributed by atoms with E-state index in [0.29, 0.717) is 5.56 Å². The highest BCUT2D eigenvalue weighted by atomic mass is 16.2. The first kappa shape index (κ1) is 10.0. The Morgan fingerprint density at radius 2 is 1.86 bits per heavy atom. The fourth-order valence-corrected chi connectivity index (χ4v) is 1.11. The summed E-state index contributed by atoms with van der Waals surface area (Å²) in [7, 11) is 0. The zero-order valence-corrected chi connectivity index (χ0v) is 7.44. The van der Waals surface area contributed by atoms with Crippen molar-refractivity contribution in [2.45, 2.75) is 5.92 Å². The lowest BCUT2D eigenvalue weighted by Crippen LogP contribution is -2.28. The largest absolute Gasteiger partial charge is 0.363 e. The molecule has 14 heavy (non-hydrogen) atoms. The molecule has 1 rings (SSSR count). The predicted octanol–water partition coefficient (Wildman–Crippen LogP) is 0.458. The number of terminal acetylenes is 1. The molecule has 1 aromatic rings. The lowest BCUT2D eigenvalue weighted by Gasteiger charge is -2.06. The van der Waals surface area contributed by atoms with Crippen molar-refractivity contribution >= 4 is 11.7 Å². The summed E-state index contributed by atoms with van der Waals surface area (Å²) >= 11 is 0. The first-order valence-corrected chi connectivity index (χ1v) is 4.01. The number of nitrogens with two attached hydrogens (primary N) is 1. The van der Waals surface area contributed by atoms with Crippen LogP contribution in [-0.4, -0.2) is 11.7 Å². The fourth-order valence-electron chi connectivity index (χ4n) is 1.11. The standard InChI is InChI=1S/C11H9NO2/c1-2-9(10(13)11(12)14)8-6-4-3-5-7-8/h1,3-7,9H,(H2,12,14). The van der Waals surface area contributed by atoms with Crippen molar-refractivity contribution in [3.8, 4) is 12.3 Å². The average molecular weight is 187 g/mol. The van der Waals surface area contributed by atoms with Crippen LogP contribution in [0, 0.1) is 12.3 Å². The number of ketones is 1. The Balaban J connectivity index is 3.01. The molecule has 1 aromatic carbocycles. The monoisotopic (exact) mass is 187 g/mol. The van der Waals surface area contributed by atoms with Crippen LogP contribution < -0.4 is 5.73 Å². The van der Waals surface area contributed by atoms with Gasteiger partial charge in [0.1, 0.15) is 5.92 Å². The van der Waals surface area contributed by atoms with Crippen LogP contribution in [0.3, 0.4) is 0 Å². The van der Waals surface area contributed by atoms with E-state index in [2.05, 4.69) is 5.92 Å². The van der Waals surface area contributed by atoms with Gasteiger partial charge in [0.25, 0.3) is 5.91 Å². The Morgan fingerprint density at radius 3 is 2.29 bits per heavy atom. The summed E-state index contributed by atoms with van der Waals surface area (Å²) in [5, 5.41) is 0. The smallest absolute Gasteiger partial charge is 0.286 e. The number of amides is 1. The van der Waals surface area contributed by atoms with E-state index in [1.54, 1.807) is 30.3 Å². The van der Waals surface area contributed by atoms with Gasteiger partial charge in [-0.25, -0.2) is 0 Å². The van der Waals surface area contributed by atoms with Crippen molar-refractivity contribution in [3.63, 3.8) is 0 Å². The Bertz CT molecular complexity index is 389. The molecule has 0 aliphatic heterocycles. The molecule has 0 spiro atoms. The SMILES string of the molecule is C#CC(C(=O)C(N)=O)c1ccccc1. The van der Waals surface area contributed by atoms with Gasteiger partial charge in [-0.3, -0.25) is 9.59 Å². The van der Waals surface area contributed by atoms with Crippen molar-refractivity contribution < 1.29 is 9.59 Å². The van der Waals surface area contributed by atoms with E-state index in [1.165, 1.54) is 0 Å². The minimum Gasteiger partial charge on any atom is -0.363 e. The van der Waals surface area contributed by atoms with Crippen LogP contribution >= 0.6 is 0 Å². The summed E-state index contributed by atoms with van der Waals surface area (Å²) in [6.07, 6.45) is 5.16. The molecule has 3 heteroatoms. The van der Waals surface area contributed by atoms with Crippen molar-refractivity contribution in [1.82, 2.24) is 0 Å². The van der Waals surface area contributed by atoms with Gasteiger partial charge < -0.3 is 5.73 Å². The van der Waals surface area contributed by atoms with Crippen molar-refractivity contribution in [2.24, 2.45) is 5.73 Å². The minimum absolute atomic E-state index is 0.610. The maximum Gasteiger partial charge on any atom is 0.286 e. The number of carbonyl (C=O) groups excluding carboxylic acids is 2. The van der Waals surface area contributed by atoms with E-state index >= 15 is 0 Å². The molecule has 0 fully saturated rings. The van der Waals surface area contributed by atoms with Gasteiger partial charge >= 0.3 is 0 Å². The van der Waals surface area contributed by atoms with Gasteiger partial charge in [-0.15, -0.1) is 6.42 Å². The third kappa shape index (κ3) is 1.99. The summed E-state index contributed by atoms with van der Waals surface area (Å²) in [6.45, 7) is 0. The van der Waals surface area contributed by atoms with Crippen LogP contribution in [0.4, 0.5) is 0 Å². The van der Waals surface area contributed by atoms with E-state index in [1.807, 2.05) is 0 Å². The fraction of sp³-hybridized carbons (Fsp3) is 0.0909. The van der Waals surface area contributed by atoms with E-state index in [9.17, 15) is 9.59 Å². The lowest BCUT2D eigenvalue weighted by molar-refractivity contribution is -0.136. The van der Waals surface area contributed by atoms with Gasteiger partial charge in [-0.05, 0) is 5.56 Å². The molecular weight excluding hydrogens is 178 g/mol. The minimum atomic E-state index is -1.00. The first-order valence-electron chi connectivity index (χ1n) is 4.01. The lowest BCUT2D eigenvalue weighted by atomic mass is 9.95. The second-order valence-corrected chi connectivity index (χ2v) is 2.74. The number of primary amides is 1. The number of hydrogen-bond donors (Lipinski definition) is 1. The number of carbonyl (C=O) groups is 2. The topological polar surface area (TPSA) is 60.2 Å². The molecule has 0 aromatic heterocycles. The Labute approximate surface area is 81.9 Å². The number of Topliss-reactive ketones (excluding diaryl/α,β-unsaturated/α-hetero) is 1. The van der Waals surface area contributed by atoms with Crippen LogP contribution in [0.1, 0.15) is 11.5 Å². The molecular formula is C11H9NO2. The third-order valence-electron chi connectivity index (χ3n) is 1.80. The van der Waals surface area contributed by atoms with Crippen molar-refractivity contribution in [1.29, 1.82) is 0 Å². The summed E-state index contributed by atoms with van der Waals surface area (Å²) in [5.41, 5.74) is 5.48. The molecule has 3 nitrogen and oxygen atoms in total. The molecule has 0 aliphatic carbocycles. The molecule has 1 amide bonds. The van der Waals surface area contributed by atoms with E-state index in [0.717, 1.165) is 0 Å². The maximum atomic E-state index is 11.3. The van der Waals surface area contributed by atoms with Gasteiger partial charge in [-0.1, -0.05) is 36.3 Å². The molecule has 0 saturated heterocycles. The van der Waals surface area contributed by atoms with Crippen molar-refractivity contribution in [3.05, 3.63) is 35.9 Å². The average Bonchev–Trinajstić information content (AvgIpc) is 2.20. The van der Waals surface area contributed by atoms with Gasteiger partial charge in [0, 0.05) is 0 Å². The normalized spacial score (nSPS) is 11.4. The maximum absolute atomic E-state index is 11.3. The third-order valence-corrected chi connectivity index (χ3v) is 1.80. The Morgan fingerprint density at radius 1 is 1.29 bits per heavy atom. The molecule has 0 heterocycles. The highest BCUT2D eigenvalue weighted by molar-refractivity contribution is 6.38. The summed E-state index contributed by atoms with van der Waals surface area (Å²) < 4.78 is 0. The second-order valence-electron chi connectivity index (χ2n) is 2.74. The van der Waals surface area contributed by atoms with Crippen molar-refractivity contribution in [2.75, 3.05) is 0 Å². The van der Waals surface area contributed by atoms with Gasteiger partial charge in [-0.2, -0.15) is 0 Å². The van der Waals surface area contributed by atoms with Crippen LogP contribution in [0.5, 0.6) is 0 Å². The second kappa shape index (κ2) is 4.24. The number of hydrogen-bond acceptors (Lipinski definition) is 2. The summed E-state index contributed by atoms with van der Waals surface area (Å²) in [6, 6.07) is 8.66. The Hall–Kier alpha value is -2.08. The number of benzene rings is 1. The zero-order valence-electron chi connectivity index (χ0n) is 7.44. The van der Waals surface area contributed by atoms with Gasteiger partial charge in [0.15, 0.2) is 0 Å². The van der Waals surface area contributed by atoms with Crippen LogP contribution in [-0.2, 0) is 9.59 Å². The highest BCUT2D eigenvalue weighted by Crippen LogP contribution is 2.14. The first-order chi connectivity index (χ1) is 6.66. The molecule has 70 valence electrons. The molecule has 0 aliphatic rings.